The van der Waals surface area contributed by atoms with E-state index >= 15 is 0 Å². The van der Waals surface area contributed by atoms with E-state index in [1.807, 2.05) is 0 Å². The number of hydrogen-bond acceptors (Lipinski definition) is 4. The Bertz CT molecular complexity index is 395. The molecule has 1 aromatic heterocycles. The molecule has 1 aromatic rings. The fourth-order valence-electron chi connectivity index (χ4n) is 1.19. The number of carboxylic acids is 1. The average Bonchev–Trinajstić information content (AvgIpc) is 2.30. The summed E-state index contributed by atoms with van der Waals surface area (Å²) in [6.07, 6.45) is 6.51. The molecule has 0 bridgehead atoms. The summed E-state index contributed by atoms with van der Waals surface area (Å²) >= 11 is 0. The zero-order valence-corrected chi connectivity index (χ0v) is 8.80. The van der Waals surface area contributed by atoms with Crippen molar-refractivity contribution in [1.29, 1.82) is 0 Å². The lowest BCUT2D eigenvalue weighted by Crippen LogP contribution is -2.28. The van der Waals surface area contributed by atoms with E-state index in [-0.39, 0.29) is 6.54 Å². The van der Waals surface area contributed by atoms with Crippen LogP contribution in [0.2, 0.25) is 0 Å². The fourth-order valence-corrected chi connectivity index (χ4v) is 1.19. The summed E-state index contributed by atoms with van der Waals surface area (Å²) < 4.78 is 4.88. The van der Waals surface area contributed by atoms with E-state index in [1.54, 1.807) is 12.1 Å². The van der Waals surface area contributed by atoms with Gasteiger partial charge in [0, 0.05) is 12.3 Å². The Morgan fingerprint density at radius 1 is 1.75 bits per heavy atom. The first-order chi connectivity index (χ1) is 7.69. The van der Waals surface area contributed by atoms with Crippen LogP contribution in [0.25, 0.3) is 0 Å². The van der Waals surface area contributed by atoms with Gasteiger partial charge in [0.05, 0.1) is 13.7 Å². The number of carbonyl (C=O) groups is 1. The number of nitrogens with zero attached hydrogens (tertiary/aromatic N) is 1. The van der Waals surface area contributed by atoms with Gasteiger partial charge >= 0.3 is 5.97 Å². The van der Waals surface area contributed by atoms with Crippen molar-refractivity contribution in [3.63, 3.8) is 0 Å². The molecule has 1 unspecified atom stereocenters. The van der Waals surface area contributed by atoms with Gasteiger partial charge in [-0.2, -0.15) is 0 Å². The lowest BCUT2D eigenvalue weighted by atomic mass is 10.1. The van der Waals surface area contributed by atoms with Crippen LogP contribution in [-0.4, -0.2) is 29.7 Å². The quantitative estimate of drug-likeness (QED) is 0.704. The zero-order chi connectivity index (χ0) is 12.0. The summed E-state index contributed by atoms with van der Waals surface area (Å²) in [6.45, 7) is 0.184. The smallest absolute Gasteiger partial charge is 0.325 e. The van der Waals surface area contributed by atoms with Crippen molar-refractivity contribution >= 4 is 5.97 Å². The molecule has 0 saturated carbocycles. The topological polar surface area (TPSA) is 71.5 Å². The summed E-state index contributed by atoms with van der Waals surface area (Å²) in [7, 11) is 1.49. The third-order valence-electron chi connectivity index (χ3n) is 1.96. The molecule has 0 aliphatic rings. The molecule has 1 heterocycles. The van der Waals surface area contributed by atoms with E-state index in [9.17, 15) is 4.79 Å². The number of ether oxygens (including phenoxy) is 1. The number of pyridine rings is 1. The standard InChI is InChI=1S/C11H12N2O3/c1-3-6-12-10(11(14)15)8-4-5-9(16-2)13-7-8/h1,4-5,7,10,12H,6H2,2H3,(H,14,15). The van der Waals surface area contributed by atoms with Gasteiger partial charge in [0.1, 0.15) is 6.04 Å². The van der Waals surface area contributed by atoms with Crippen molar-refractivity contribution in [2.75, 3.05) is 13.7 Å². The van der Waals surface area contributed by atoms with Crippen LogP contribution in [0.1, 0.15) is 11.6 Å². The Labute approximate surface area is 93.5 Å². The summed E-state index contributed by atoms with van der Waals surface area (Å²) in [5.41, 5.74) is 0.531. The normalized spacial score (nSPS) is 11.5. The Morgan fingerprint density at radius 3 is 2.94 bits per heavy atom. The van der Waals surface area contributed by atoms with Crippen LogP contribution < -0.4 is 10.1 Å². The van der Waals surface area contributed by atoms with Gasteiger partial charge in [-0.25, -0.2) is 4.98 Å². The predicted molar refractivity (Wildman–Crippen MR) is 58.0 cm³/mol. The molecule has 1 atom stereocenters. The molecular weight excluding hydrogens is 208 g/mol. The number of carboxylic acid groups (broad SMARTS) is 1. The summed E-state index contributed by atoms with van der Waals surface area (Å²) in [5, 5.41) is 11.7. The van der Waals surface area contributed by atoms with E-state index in [4.69, 9.17) is 16.3 Å². The van der Waals surface area contributed by atoms with Gasteiger partial charge in [-0.3, -0.25) is 10.1 Å². The Balaban J connectivity index is 2.84. The Hall–Kier alpha value is -2.06. The van der Waals surface area contributed by atoms with Gasteiger partial charge in [0.2, 0.25) is 5.88 Å². The number of hydrogen-bond donors (Lipinski definition) is 2. The van der Waals surface area contributed by atoms with E-state index in [1.165, 1.54) is 13.3 Å². The second-order valence-electron chi connectivity index (χ2n) is 2.99. The van der Waals surface area contributed by atoms with Gasteiger partial charge in [-0.15, -0.1) is 6.42 Å². The molecular formula is C11H12N2O3. The van der Waals surface area contributed by atoms with Crippen LogP contribution in [0.15, 0.2) is 18.3 Å². The molecule has 5 nitrogen and oxygen atoms in total. The third-order valence-corrected chi connectivity index (χ3v) is 1.96. The number of rotatable bonds is 5. The van der Waals surface area contributed by atoms with E-state index in [2.05, 4.69) is 16.2 Å². The lowest BCUT2D eigenvalue weighted by Gasteiger charge is -2.12. The second-order valence-corrected chi connectivity index (χ2v) is 2.99. The van der Waals surface area contributed by atoms with E-state index in [0.29, 0.717) is 11.4 Å². The molecule has 0 spiro atoms. The van der Waals surface area contributed by atoms with Gasteiger partial charge in [-0.1, -0.05) is 5.92 Å². The maximum atomic E-state index is 11.0. The van der Waals surface area contributed by atoms with Crippen LogP contribution in [-0.2, 0) is 4.79 Å². The average molecular weight is 220 g/mol. The molecule has 1 rings (SSSR count). The first kappa shape index (κ1) is 12.0. The van der Waals surface area contributed by atoms with Crippen molar-refractivity contribution in [3.05, 3.63) is 23.9 Å². The third kappa shape index (κ3) is 2.97. The number of aliphatic carboxylic acids is 1. The SMILES string of the molecule is C#CCNC(C(=O)O)c1ccc(OC)nc1. The molecule has 16 heavy (non-hydrogen) atoms. The number of nitrogens with one attached hydrogen (secondary N) is 1. The second kappa shape index (κ2) is 5.73. The molecule has 0 radical (unpaired) electrons. The molecule has 0 fully saturated rings. The Kier molecular flexibility index (Phi) is 4.30. The summed E-state index contributed by atoms with van der Waals surface area (Å²) in [4.78, 5) is 14.9. The highest BCUT2D eigenvalue weighted by Gasteiger charge is 2.18. The molecule has 2 N–H and O–H groups in total. The van der Waals surface area contributed by atoms with Crippen LogP contribution in [0.5, 0.6) is 5.88 Å². The van der Waals surface area contributed by atoms with Gasteiger partial charge in [0.15, 0.2) is 0 Å². The van der Waals surface area contributed by atoms with Crippen molar-refractivity contribution in [1.82, 2.24) is 10.3 Å². The number of methoxy groups -OCH3 is 1. The highest BCUT2D eigenvalue weighted by molar-refractivity contribution is 5.75. The molecule has 0 saturated heterocycles. The monoisotopic (exact) mass is 220 g/mol. The first-order valence-electron chi connectivity index (χ1n) is 4.58. The molecule has 5 heteroatoms. The van der Waals surface area contributed by atoms with Crippen molar-refractivity contribution in [2.24, 2.45) is 0 Å². The highest BCUT2D eigenvalue weighted by atomic mass is 16.5. The molecule has 0 aromatic carbocycles. The van der Waals surface area contributed by atoms with Gasteiger partial charge in [-0.05, 0) is 11.6 Å². The fraction of sp³-hybridized carbons (Fsp3) is 0.273. The van der Waals surface area contributed by atoms with Gasteiger partial charge < -0.3 is 9.84 Å². The molecule has 0 aliphatic heterocycles. The van der Waals surface area contributed by atoms with Crippen LogP contribution in [0.4, 0.5) is 0 Å². The number of terminal acetylenes is 1. The molecule has 0 amide bonds. The maximum absolute atomic E-state index is 11.0. The van der Waals surface area contributed by atoms with Crippen LogP contribution >= 0.6 is 0 Å². The minimum atomic E-state index is -0.998. The zero-order valence-electron chi connectivity index (χ0n) is 8.80. The summed E-state index contributed by atoms with van der Waals surface area (Å²) in [5.74, 6) is 1.76. The minimum absolute atomic E-state index is 0.184. The van der Waals surface area contributed by atoms with E-state index in [0.717, 1.165) is 0 Å². The van der Waals surface area contributed by atoms with Crippen LogP contribution in [0.3, 0.4) is 0 Å². The van der Waals surface area contributed by atoms with Crippen molar-refractivity contribution < 1.29 is 14.6 Å². The van der Waals surface area contributed by atoms with E-state index < -0.39 is 12.0 Å². The highest BCUT2D eigenvalue weighted by Crippen LogP contribution is 2.14. The minimum Gasteiger partial charge on any atom is -0.481 e. The maximum Gasteiger partial charge on any atom is 0.325 e. The lowest BCUT2D eigenvalue weighted by molar-refractivity contribution is -0.139. The predicted octanol–water partition coefficient (Wildman–Crippen LogP) is 0.439. The first-order valence-corrected chi connectivity index (χ1v) is 4.58. The molecule has 0 aliphatic carbocycles. The van der Waals surface area contributed by atoms with Crippen LogP contribution in [0, 0.1) is 12.3 Å². The molecule has 84 valence electrons. The van der Waals surface area contributed by atoms with Crippen molar-refractivity contribution in [3.8, 4) is 18.2 Å². The largest absolute Gasteiger partial charge is 0.481 e. The van der Waals surface area contributed by atoms with Crippen molar-refractivity contribution in [2.45, 2.75) is 6.04 Å². The van der Waals surface area contributed by atoms with Gasteiger partial charge in [0.25, 0.3) is 0 Å². The number of aromatic nitrogens is 1. The Morgan fingerprint density at radius 2 is 2.50 bits per heavy atom. The summed E-state index contributed by atoms with van der Waals surface area (Å²) in [6, 6.07) is 2.38.